The van der Waals surface area contributed by atoms with E-state index in [-0.39, 0.29) is 17.7 Å². The van der Waals surface area contributed by atoms with Crippen LogP contribution in [0, 0.1) is 5.92 Å². The Hall–Kier alpha value is -1.37. The van der Waals surface area contributed by atoms with Gasteiger partial charge in [-0.25, -0.2) is 10.1 Å². The molecule has 18 heavy (non-hydrogen) atoms. The third-order valence-electron chi connectivity index (χ3n) is 3.04. The molecule has 3 unspecified atom stereocenters. The highest BCUT2D eigenvalue weighted by atomic mass is 31.1. The zero-order valence-corrected chi connectivity index (χ0v) is 10.9. The molecule has 1 aromatic rings. The third-order valence-corrected chi connectivity index (χ3v) is 3.55. The van der Waals surface area contributed by atoms with Crippen LogP contribution in [0.1, 0.15) is 23.5 Å². The number of aromatic nitrogens is 2. The maximum Gasteiger partial charge on any atom is 0.268 e. The topological polar surface area (TPSA) is 122 Å². The summed E-state index contributed by atoms with van der Waals surface area (Å²) in [6.07, 6.45) is 1.57. The van der Waals surface area contributed by atoms with Gasteiger partial charge in [0, 0.05) is 19.3 Å². The predicted octanol–water partition coefficient (Wildman–Crippen LogP) is -0.444. The number of hydrogen-bond donors (Lipinski definition) is 4. The fourth-order valence-corrected chi connectivity index (χ4v) is 2.43. The molecule has 0 saturated heterocycles. The average Bonchev–Trinajstić information content (AvgIpc) is 2.71. The third kappa shape index (κ3) is 2.55. The lowest BCUT2D eigenvalue weighted by molar-refractivity contribution is 0.0996. The molecular formula is C9H16N5O3P. The van der Waals surface area contributed by atoms with Gasteiger partial charge in [-0.15, -0.1) is 0 Å². The van der Waals surface area contributed by atoms with Crippen LogP contribution >= 0.6 is 8.18 Å². The molecule has 3 atom stereocenters. The second kappa shape index (κ2) is 5.09. The highest BCUT2D eigenvalue weighted by molar-refractivity contribution is 7.35. The van der Waals surface area contributed by atoms with E-state index in [4.69, 9.17) is 10.6 Å². The number of hydrogen-bond acceptors (Lipinski definition) is 4. The minimum Gasteiger partial charge on any atom is -0.364 e. The number of anilines is 1. The molecule has 0 aromatic carbocycles. The number of amides is 1. The number of rotatable bonds is 4. The zero-order valence-electron chi connectivity index (χ0n) is 9.88. The van der Waals surface area contributed by atoms with Crippen LogP contribution in [0.5, 0.6) is 0 Å². The number of nitrogens with one attached hydrogen (secondary N) is 2. The Labute approximate surface area is 104 Å². The average molecular weight is 273 g/mol. The van der Waals surface area contributed by atoms with Crippen molar-refractivity contribution in [3.8, 4) is 0 Å². The predicted molar refractivity (Wildman–Crippen MR) is 66.7 cm³/mol. The van der Waals surface area contributed by atoms with Gasteiger partial charge in [0.1, 0.15) is 5.69 Å². The van der Waals surface area contributed by atoms with E-state index in [2.05, 4.69) is 15.4 Å². The molecule has 100 valence electrons. The first-order valence-electron chi connectivity index (χ1n) is 5.58. The number of imidazole rings is 1. The molecular weight excluding hydrogens is 257 g/mol. The number of nitrogens with zero attached hydrogens (tertiary/aromatic N) is 2. The van der Waals surface area contributed by atoms with Crippen LogP contribution in [0.2, 0.25) is 0 Å². The summed E-state index contributed by atoms with van der Waals surface area (Å²) in [5.41, 5.74) is 5.37. The Kier molecular flexibility index (Phi) is 3.70. The molecule has 8 nitrogen and oxygen atoms in total. The number of carbonyl (C=O) groups is 1. The summed E-state index contributed by atoms with van der Waals surface area (Å²) in [7, 11) is -2.71. The minimum atomic E-state index is -2.71. The highest BCUT2D eigenvalue weighted by Gasteiger charge is 2.28. The Morgan fingerprint density at radius 1 is 1.83 bits per heavy atom. The van der Waals surface area contributed by atoms with Crippen LogP contribution in [0.4, 0.5) is 5.95 Å². The van der Waals surface area contributed by atoms with Crippen LogP contribution in [0.25, 0.3) is 0 Å². The van der Waals surface area contributed by atoms with Gasteiger partial charge in [0.25, 0.3) is 14.1 Å². The van der Waals surface area contributed by atoms with Gasteiger partial charge < -0.3 is 20.5 Å². The van der Waals surface area contributed by atoms with Crippen LogP contribution in [-0.4, -0.2) is 33.4 Å². The van der Waals surface area contributed by atoms with E-state index in [0.717, 1.165) is 0 Å². The molecule has 2 rings (SSSR count). The molecule has 9 heteroatoms. The molecule has 1 aromatic heterocycles. The van der Waals surface area contributed by atoms with E-state index in [1.165, 1.54) is 0 Å². The summed E-state index contributed by atoms with van der Waals surface area (Å²) in [5, 5.41) is 5.62. The Morgan fingerprint density at radius 3 is 3.17 bits per heavy atom. The first-order valence-corrected chi connectivity index (χ1v) is 6.94. The van der Waals surface area contributed by atoms with Crippen molar-refractivity contribution >= 4 is 20.0 Å². The van der Waals surface area contributed by atoms with Gasteiger partial charge in [0.15, 0.2) is 0 Å². The molecule has 1 aliphatic rings. The lowest BCUT2D eigenvalue weighted by Crippen LogP contribution is -2.35. The maximum atomic E-state index is 11.1. The van der Waals surface area contributed by atoms with E-state index in [0.29, 0.717) is 19.0 Å². The number of fused-ring (bicyclic) bond motifs is 1. The van der Waals surface area contributed by atoms with Gasteiger partial charge in [-0.1, -0.05) is 6.92 Å². The molecule has 1 aliphatic heterocycles. The smallest absolute Gasteiger partial charge is 0.268 e. The summed E-state index contributed by atoms with van der Waals surface area (Å²) in [6.45, 7) is 3.05. The monoisotopic (exact) mass is 273 g/mol. The van der Waals surface area contributed by atoms with Crippen molar-refractivity contribution in [2.45, 2.75) is 13.0 Å². The van der Waals surface area contributed by atoms with Crippen molar-refractivity contribution in [3.63, 3.8) is 0 Å². The van der Waals surface area contributed by atoms with Crippen molar-refractivity contribution < 1.29 is 14.3 Å². The van der Waals surface area contributed by atoms with Gasteiger partial charge in [-0.3, -0.25) is 9.36 Å². The highest BCUT2D eigenvalue weighted by Crippen LogP contribution is 2.28. The van der Waals surface area contributed by atoms with Crippen molar-refractivity contribution in [1.82, 2.24) is 14.6 Å². The van der Waals surface area contributed by atoms with Gasteiger partial charge in [0.05, 0.1) is 6.04 Å². The van der Waals surface area contributed by atoms with Gasteiger partial charge in [0.2, 0.25) is 5.95 Å². The van der Waals surface area contributed by atoms with Crippen molar-refractivity contribution in [2.24, 2.45) is 11.7 Å². The summed E-state index contributed by atoms with van der Waals surface area (Å²) in [5.74, 6) is 0.210. The summed E-state index contributed by atoms with van der Waals surface area (Å²) >= 11 is 0. The Morgan fingerprint density at radius 2 is 2.56 bits per heavy atom. The van der Waals surface area contributed by atoms with Gasteiger partial charge in [-0.05, 0) is 5.92 Å². The fourth-order valence-electron chi connectivity index (χ4n) is 2.05. The molecule has 0 radical (unpaired) electrons. The van der Waals surface area contributed by atoms with Gasteiger partial charge in [-0.2, -0.15) is 0 Å². The molecule has 0 saturated carbocycles. The SMILES string of the molecule is CC1CNc2nc(C(N)=O)cn2C1CN[PH](=O)O. The van der Waals surface area contributed by atoms with E-state index in [1.807, 2.05) is 6.92 Å². The lowest BCUT2D eigenvalue weighted by atomic mass is 10.0. The normalized spacial score (nSPS) is 24.1. The largest absolute Gasteiger partial charge is 0.364 e. The second-order valence-corrected chi connectivity index (χ2v) is 5.30. The zero-order chi connectivity index (χ0) is 13.3. The van der Waals surface area contributed by atoms with Gasteiger partial charge >= 0.3 is 0 Å². The minimum absolute atomic E-state index is 0.0389. The summed E-state index contributed by atoms with van der Waals surface area (Å²) in [4.78, 5) is 24.0. The van der Waals surface area contributed by atoms with Crippen LogP contribution in [-0.2, 0) is 4.57 Å². The molecule has 0 fully saturated rings. The molecule has 5 N–H and O–H groups in total. The second-order valence-electron chi connectivity index (χ2n) is 4.33. The first kappa shape index (κ1) is 13.1. The van der Waals surface area contributed by atoms with E-state index < -0.39 is 14.1 Å². The Bertz CT molecular complexity index is 489. The lowest BCUT2D eigenvalue weighted by Gasteiger charge is -2.31. The molecule has 0 aliphatic carbocycles. The molecule has 1 amide bonds. The fraction of sp³-hybridized carbons (Fsp3) is 0.556. The van der Waals surface area contributed by atoms with Crippen LogP contribution in [0.15, 0.2) is 6.20 Å². The van der Waals surface area contributed by atoms with Crippen LogP contribution < -0.4 is 16.1 Å². The van der Waals surface area contributed by atoms with E-state index in [9.17, 15) is 9.36 Å². The van der Waals surface area contributed by atoms with Crippen molar-refractivity contribution in [3.05, 3.63) is 11.9 Å². The first-order chi connectivity index (χ1) is 8.49. The number of primary amides is 1. The van der Waals surface area contributed by atoms with Crippen molar-refractivity contribution in [1.29, 1.82) is 0 Å². The summed E-state index contributed by atoms with van der Waals surface area (Å²) < 4.78 is 12.5. The van der Waals surface area contributed by atoms with E-state index >= 15 is 0 Å². The molecule has 2 heterocycles. The molecule has 0 spiro atoms. The quantitative estimate of drug-likeness (QED) is 0.551. The number of nitrogens with two attached hydrogens (primary N) is 1. The van der Waals surface area contributed by atoms with E-state index in [1.54, 1.807) is 10.8 Å². The Balaban J connectivity index is 2.25. The molecule has 0 bridgehead atoms. The number of carbonyl (C=O) groups excluding carboxylic acids is 1. The standard InChI is InChI=1S/C9H16N5O3P/c1-5-2-11-9-13-6(8(10)15)4-14(9)7(5)3-12-18(16)17/h4-5,7,18H,2-3H2,1H3,(H2,10,15)(H,11,13)(H2,12,16,17). The maximum absolute atomic E-state index is 11.1. The van der Waals surface area contributed by atoms with Crippen LogP contribution in [0.3, 0.4) is 0 Å². The summed E-state index contributed by atoms with van der Waals surface area (Å²) in [6, 6.07) is -0.0389. The van der Waals surface area contributed by atoms with Crippen molar-refractivity contribution in [2.75, 3.05) is 18.4 Å².